The minimum absolute atomic E-state index is 0.000207. The fourth-order valence-electron chi connectivity index (χ4n) is 6.50. The predicted octanol–water partition coefficient (Wildman–Crippen LogP) is -2.03. The topological polar surface area (TPSA) is 529 Å². The number of ether oxygens (including phenoxy) is 1. The molecule has 4 amide bonds. The molecule has 0 aliphatic carbocycles. The van der Waals surface area contributed by atoms with Crippen molar-refractivity contribution in [3.8, 4) is 0 Å². The SMILES string of the molecule is CC(C)(COP(=O)(O)OP(=O)(O)OCC1OC(n2cnc3c(N)ncnc32)C(O)C1OP(=O)(O)O)C(O)C(=O)NCCC(=O)NCCSC(=O)C(N)CCC(=O)NC(CSC(O)N(O)c1ccc(I)cc1)C(=O)NCC(=O)O. The van der Waals surface area contributed by atoms with Crippen molar-refractivity contribution in [3.63, 3.8) is 0 Å². The van der Waals surface area contributed by atoms with Gasteiger partial charge in [0.15, 0.2) is 23.3 Å². The molecule has 10 unspecified atom stereocenters. The van der Waals surface area contributed by atoms with Crippen molar-refractivity contribution in [1.82, 2.24) is 40.8 Å². The largest absolute Gasteiger partial charge is 0.481 e. The minimum Gasteiger partial charge on any atom is -0.480 e. The highest BCUT2D eigenvalue weighted by molar-refractivity contribution is 14.1. The number of nitrogens with one attached hydrogen (secondary N) is 4. The number of carboxylic acid groups (broad SMARTS) is 1. The Balaban J connectivity index is 1.14. The number of hydrogen-bond acceptors (Lipinski definition) is 26. The highest BCUT2D eigenvalue weighted by atomic mass is 127. The fraction of sp³-hybridized carbons (Fsp3) is 0.553. The van der Waals surface area contributed by atoms with Crippen molar-refractivity contribution in [3.05, 3.63) is 40.5 Å². The van der Waals surface area contributed by atoms with Gasteiger partial charge >= 0.3 is 29.4 Å². The summed E-state index contributed by atoms with van der Waals surface area (Å²) in [4.78, 5) is 125. The number of nitrogen functional groups attached to an aromatic ring is 1. The first-order valence-electron chi connectivity index (χ1n) is 22.4. The molecule has 2 aromatic heterocycles. The number of amides is 4. The molecule has 1 aliphatic rings. The van der Waals surface area contributed by atoms with Gasteiger partial charge < -0.3 is 77.5 Å². The number of benzene rings is 1. The molecular formula is C38H57IN11O23P3S2. The molecule has 78 heavy (non-hydrogen) atoms. The van der Waals surface area contributed by atoms with E-state index >= 15 is 0 Å². The van der Waals surface area contributed by atoms with E-state index in [0.717, 1.165) is 32.6 Å². The number of aliphatic hydroxyl groups is 3. The number of hydrogen-bond donors (Lipinski definition) is 15. The molecule has 10 atom stereocenters. The second-order valence-electron chi connectivity index (χ2n) is 17.1. The van der Waals surface area contributed by atoms with E-state index < -0.39 is 132 Å². The minimum atomic E-state index is -5.65. The molecule has 4 rings (SSSR count). The number of thioether (sulfide) groups is 2. The van der Waals surface area contributed by atoms with Crippen molar-refractivity contribution < 1.29 is 110 Å². The number of imidazole rings is 1. The Morgan fingerprint density at radius 1 is 0.936 bits per heavy atom. The Hall–Kier alpha value is -4.05. The number of aromatic nitrogens is 4. The third-order valence-electron chi connectivity index (χ3n) is 10.5. The number of carboxylic acids is 1. The Kier molecular flexibility index (Phi) is 25.2. The number of carbonyl (C=O) groups is 6. The van der Waals surface area contributed by atoms with Crippen LogP contribution in [0.2, 0.25) is 0 Å². The van der Waals surface area contributed by atoms with Crippen LogP contribution < -0.4 is 37.8 Å². The molecule has 34 nitrogen and oxygen atoms in total. The number of fused-ring (bicyclic) bond motifs is 1. The average Bonchev–Trinajstić information content (AvgIpc) is 3.93. The summed E-state index contributed by atoms with van der Waals surface area (Å²) in [6.07, 6.45) is -7.93. The van der Waals surface area contributed by atoms with E-state index in [1.807, 2.05) is 22.6 Å². The molecule has 40 heteroatoms. The maximum Gasteiger partial charge on any atom is 0.481 e. The van der Waals surface area contributed by atoms with Crippen LogP contribution >= 0.6 is 69.6 Å². The number of rotatable bonds is 32. The third kappa shape index (κ3) is 21.1. The van der Waals surface area contributed by atoms with Crippen molar-refractivity contribution in [2.75, 3.05) is 55.2 Å². The molecule has 3 aromatic rings. The predicted molar refractivity (Wildman–Crippen MR) is 279 cm³/mol. The van der Waals surface area contributed by atoms with Crippen LogP contribution in [0.15, 0.2) is 36.9 Å². The van der Waals surface area contributed by atoms with Crippen LogP contribution in [-0.4, -0.2) is 186 Å². The first-order valence-corrected chi connectivity index (χ1v) is 30.1. The zero-order valence-electron chi connectivity index (χ0n) is 40.8. The van der Waals surface area contributed by atoms with Crippen LogP contribution in [0, 0.1) is 8.99 Å². The first kappa shape index (κ1) is 66.5. The van der Waals surface area contributed by atoms with Crippen molar-refractivity contribution in [2.45, 2.75) is 81.4 Å². The van der Waals surface area contributed by atoms with E-state index in [9.17, 15) is 82.6 Å². The zero-order chi connectivity index (χ0) is 58.3. The molecule has 17 N–H and O–H groups in total. The van der Waals surface area contributed by atoms with Gasteiger partial charge in [-0.3, -0.25) is 52.1 Å². The molecule has 0 spiro atoms. The fourth-order valence-corrected chi connectivity index (χ4v) is 11.3. The molecule has 1 saturated heterocycles. The lowest BCUT2D eigenvalue weighted by Gasteiger charge is -2.30. The van der Waals surface area contributed by atoms with Gasteiger partial charge in [-0.1, -0.05) is 25.6 Å². The van der Waals surface area contributed by atoms with Gasteiger partial charge in [-0.25, -0.2) is 33.7 Å². The van der Waals surface area contributed by atoms with E-state index in [-0.39, 0.29) is 66.5 Å². The molecular weight excluding hydrogens is 1260 g/mol. The van der Waals surface area contributed by atoms with E-state index in [1.54, 1.807) is 12.1 Å². The zero-order valence-corrected chi connectivity index (χ0v) is 47.3. The van der Waals surface area contributed by atoms with Crippen molar-refractivity contribution >= 4 is 127 Å². The van der Waals surface area contributed by atoms with Gasteiger partial charge in [-0.15, -0.1) is 11.8 Å². The summed E-state index contributed by atoms with van der Waals surface area (Å²) in [7, 11) is -16.6. The van der Waals surface area contributed by atoms with Crippen LogP contribution in [-0.2, 0) is 65.1 Å². The van der Waals surface area contributed by atoms with Crippen LogP contribution in [0.5, 0.6) is 0 Å². The van der Waals surface area contributed by atoms with Crippen LogP contribution in [0.25, 0.3) is 11.2 Å². The number of carbonyl (C=O) groups excluding carboxylic acids is 5. The number of nitrogens with two attached hydrogens (primary N) is 2. The molecule has 0 radical (unpaired) electrons. The van der Waals surface area contributed by atoms with E-state index in [4.69, 9.17) is 30.4 Å². The van der Waals surface area contributed by atoms with Crippen LogP contribution in [0.4, 0.5) is 11.5 Å². The Bertz CT molecular complexity index is 2730. The Morgan fingerprint density at radius 3 is 2.26 bits per heavy atom. The highest BCUT2D eigenvalue weighted by Crippen LogP contribution is 2.61. The number of hydroxylamine groups is 1. The summed E-state index contributed by atoms with van der Waals surface area (Å²) < 4.78 is 63.3. The van der Waals surface area contributed by atoms with E-state index in [2.05, 4.69) is 45.1 Å². The number of nitrogens with zero attached hydrogens (tertiary/aromatic N) is 5. The summed E-state index contributed by atoms with van der Waals surface area (Å²) in [5, 5.41) is 60.7. The number of aliphatic carboxylic acids is 1. The van der Waals surface area contributed by atoms with Gasteiger partial charge in [0.1, 0.15) is 48.8 Å². The molecule has 436 valence electrons. The number of phosphoric acid groups is 3. The monoisotopic (exact) mass is 1320 g/mol. The van der Waals surface area contributed by atoms with Gasteiger partial charge in [0.05, 0.1) is 31.3 Å². The number of anilines is 2. The normalized spacial score (nSPS) is 19.8. The lowest BCUT2D eigenvalue weighted by Crippen LogP contribution is -2.50. The second-order valence-corrected chi connectivity index (χ2v) is 24.8. The molecule has 0 saturated carbocycles. The van der Waals surface area contributed by atoms with Gasteiger partial charge in [-0.05, 0) is 53.3 Å². The Morgan fingerprint density at radius 2 is 1.60 bits per heavy atom. The lowest BCUT2D eigenvalue weighted by molar-refractivity contribution is -0.138. The lowest BCUT2D eigenvalue weighted by atomic mass is 9.87. The molecule has 0 bridgehead atoms. The molecule has 1 aliphatic heterocycles. The van der Waals surface area contributed by atoms with Crippen LogP contribution in [0.3, 0.4) is 0 Å². The summed E-state index contributed by atoms with van der Waals surface area (Å²) in [5.41, 5.74) is 8.70. The maximum absolute atomic E-state index is 12.8. The molecule has 3 heterocycles. The summed E-state index contributed by atoms with van der Waals surface area (Å²) in [6, 6.07) is 3.86. The van der Waals surface area contributed by atoms with E-state index in [0.29, 0.717) is 16.8 Å². The smallest absolute Gasteiger partial charge is 0.480 e. The number of phosphoric ester groups is 3. The highest BCUT2D eigenvalue weighted by Gasteiger charge is 2.50. The maximum atomic E-state index is 12.8. The molecule has 1 fully saturated rings. The van der Waals surface area contributed by atoms with Crippen LogP contribution in [0.1, 0.15) is 39.3 Å². The first-order chi connectivity index (χ1) is 36.3. The number of aliphatic hydroxyl groups excluding tert-OH is 3. The van der Waals surface area contributed by atoms with Crippen molar-refractivity contribution in [2.24, 2.45) is 11.1 Å². The third-order valence-corrected chi connectivity index (χ3v) is 16.3. The number of halogens is 1. The van der Waals surface area contributed by atoms with Gasteiger partial charge in [0.2, 0.25) is 28.7 Å². The van der Waals surface area contributed by atoms with Gasteiger partial charge in [-0.2, -0.15) is 4.31 Å². The summed E-state index contributed by atoms with van der Waals surface area (Å²) in [6.45, 7) is -0.906. The second kappa shape index (κ2) is 29.6. The van der Waals surface area contributed by atoms with Crippen molar-refractivity contribution in [1.29, 1.82) is 0 Å². The summed E-state index contributed by atoms with van der Waals surface area (Å²) >= 11 is 3.43. The van der Waals surface area contributed by atoms with Gasteiger partial charge in [0.25, 0.3) is 0 Å². The summed E-state index contributed by atoms with van der Waals surface area (Å²) in [5.74, 6) is -5.03. The molecule has 1 aromatic carbocycles. The Labute approximate surface area is 464 Å². The van der Waals surface area contributed by atoms with E-state index in [1.165, 1.54) is 26.0 Å². The average molecular weight is 1320 g/mol. The standard InChI is InChI=1S/C38H57IN11O23P3S2/c1-38(2,16-70-76(67,68)73-75(65,66)69-14-23-29(72-74(62,63)64)28(55)35(71-23)49-18-47-27-31(41)45-17-46-32(27)49)30(56)34(58)43-10-9-24(51)42-11-12-77-36(59)21(40)7-8-25(52)48-22(33(57)44-13-26(53)54)15-78-37(60)50(61)20-5-3-19(39)4-6-20/h3-6,17-18,21-23,28-30,35,37,55-56,60-61H,7-16,40H2,1-2H3,(H,42,51)(H,43,58)(H,44,57)(H,48,52)(H,53,54)(H,65,66)(H,67,68)(H2,41,45,46)(H2,62,63,64). The van der Waals surface area contributed by atoms with Gasteiger partial charge in [0, 0.05) is 46.4 Å². The quantitative estimate of drug-likeness (QED) is 0.0105.